The summed E-state index contributed by atoms with van der Waals surface area (Å²) in [5, 5.41) is 0. The molecule has 0 aliphatic heterocycles. The van der Waals surface area contributed by atoms with E-state index in [4.69, 9.17) is 0 Å². The van der Waals surface area contributed by atoms with Crippen molar-refractivity contribution >= 4 is 17.1 Å². The average molecular weight is 746 g/mol. The van der Waals surface area contributed by atoms with Crippen LogP contribution in [-0.2, 0) is 31.1 Å². The largest absolute Gasteiger partial charge is 0.310 e. The van der Waals surface area contributed by atoms with E-state index in [1.807, 2.05) is 0 Å². The van der Waals surface area contributed by atoms with Gasteiger partial charge in [0.1, 0.15) is 0 Å². The van der Waals surface area contributed by atoms with E-state index in [0.717, 1.165) is 25.7 Å². The Morgan fingerprint density at radius 3 is 1.60 bits per heavy atom. The number of benzene rings is 8. The monoisotopic (exact) mass is 745 g/mol. The Morgan fingerprint density at radius 1 is 0.345 bits per heavy atom. The number of fused-ring (bicyclic) bond motifs is 5. The standard InChI is InChI=1S/C57H47N/c1-4-18-40(19-5-1)41-34-36-46(37-35-41)58(55-33-17-23-43-21-11-13-29-48(43)55)56-39-54-51(38-52(56)49-31-16-22-42-20-10-12-28-47(42)49)50-30-14-15-32-53(50)57(54,44-24-6-2-7-25-44)45-26-8-3-9-27-45/h1-9,14-19,22-27,30-39H,10-13,20-21,28-29H2. The first-order valence-corrected chi connectivity index (χ1v) is 21.4. The van der Waals surface area contributed by atoms with Crippen molar-refractivity contribution in [1.82, 2.24) is 0 Å². The van der Waals surface area contributed by atoms with Gasteiger partial charge in [0.05, 0.1) is 11.1 Å². The lowest BCUT2D eigenvalue weighted by Crippen LogP contribution is -2.29. The molecule has 0 spiro atoms. The molecule has 8 aromatic carbocycles. The zero-order valence-corrected chi connectivity index (χ0v) is 33.0. The van der Waals surface area contributed by atoms with Gasteiger partial charge >= 0.3 is 0 Å². The van der Waals surface area contributed by atoms with E-state index in [-0.39, 0.29) is 0 Å². The fourth-order valence-corrected chi connectivity index (χ4v) is 10.7. The van der Waals surface area contributed by atoms with Crippen molar-refractivity contribution in [2.45, 2.75) is 56.8 Å². The maximum atomic E-state index is 2.64. The lowest BCUT2D eigenvalue weighted by Gasteiger charge is -2.36. The molecule has 1 heteroatoms. The van der Waals surface area contributed by atoms with Crippen LogP contribution in [0, 0.1) is 0 Å². The smallest absolute Gasteiger partial charge is 0.0714 e. The predicted molar refractivity (Wildman–Crippen MR) is 243 cm³/mol. The molecule has 1 nitrogen and oxygen atoms in total. The van der Waals surface area contributed by atoms with Crippen LogP contribution in [0.5, 0.6) is 0 Å². The molecule has 58 heavy (non-hydrogen) atoms. The molecule has 0 saturated carbocycles. The van der Waals surface area contributed by atoms with Gasteiger partial charge in [0.2, 0.25) is 0 Å². The van der Waals surface area contributed by atoms with Gasteiger partial charge in [-0.3, -0.25) is 0 Å². The Labute approximate surface area is 343 Å². The second kappa shape index (κ2) is 14.5. The molecule has 11 rings (SSSR count). The highest BCUT2D eigenvalue weighted by atomic mass is 15.1. The molecule has 0 bridgehead atoms. The summed E-state index contributed by atoms with van der Waals surface area (Å²) >= 11 is 0. The minimum absolute atomic E-state index is 0.503. The predicted octanol–water partition coefficient (Wildman–Crippen LogP) is 14.6. The number of nitrogens with zero attached hydrogens (tertiary/aromatic N) is 1. The molecule has 0 aromatic heterocycles. The van der Waals surface area contributed by atoms with E-state index in [1.165, 1.54) is 121 Å². The van der Waals surface area contributed by atoms with Gasteiger partial charge in [-0.25, -0.2) is 0 Å². The Hall–Kier alpha value is -6.44. The number of hydrogen-bond donors (Lipinski definition) is 0. The van der Waals surface area contributed by atoms with Crippen LogP contribution in [0.2, 0.25) is 0 Å². The number of rotatable bonds is 7. The first-order chi connectivity index (χ1) is 28.8. The SMILES string of the molecule is c1ccc(-c2ccc(N(c3cc4c(cc3-c3cccc5c3CCCC5)-c3ccccc3C4(c3ccccc3)c3ccccc3)c3cccc4c3CCCC4)cc2)cc1. The summed E-state index contributed by atoms with van der Waals surface area (Å²) in [6.45, 7) is 0. The van der Waals surface area contributed by atoms with Crippen molar-refractivity contribution in [1.29, 1.82) is 0 Å². The van der Waals surface area contributed by atoms with Crippen LogP contribution in [0.25, 0.3) is 33.4 Å². The third-order valence-electron chi connectivity index (χ3n) is 13.3. The Balaban J connectivity index is 1.26. The lowest BCUT2D eigenvalue weighted by atomic mass is 9.67. The summed E-state index contributed by atoms with van der Waals surface area (Å²) in [7, 11) is 0. The zero-order chi connectivity index (χ0) is 38.5. The molecule has 0 saturated heterocycles. The Bertz CT molecular complexity index is 2720. The number of hydrogen-bond acceptors (Lipinski definition) is 1. The van der Waals surface area contributed by atoms with Crippen LogP contribution in [-0.4, -0.2) is 0 Å². The van der Waals surface area contributed by atoms with Gasteiger partial charge in [0, 0.05) is 16.9 Å². The molecule has 0 radical (unpaired) electrons. The molecular formula is C57H47N. The molecule has 3 aliphatic carbocycles. The van der Waals surface area contributed by atoms with Crippen molar-refractivity contribution in [2.75, 3.05) is 4.90 Å². The Kier molecular flexibility index (Phi) is 8.69. The maximum Gasteiger partial charge on any atom is 0.0714 e. The molecular weight excluding hydrogens is 699 g/mol. The molecule has 0 heterocycles. The van der Waals surface area contributed by atoms with Crippen molar-refractivity contribution in [3.05, 3.63) is 233 Å². The maximum absolute atomic E-state index is 2.64. The van der Waals surface area contributed by atoms with Gasteiger partial charge in [-0.2, -0.15) is 0 Å². The van der Waals surface area contributed by atoms with Gasteiger partial charge in [0.25, 0.3) is 0 Å². The van der Waals surface area contributed by atoms with Gasteiger partial charge in [-0.1, -0.05) is 158 Å². The number of anilines is 3. The highest BCUT2D eigenvalue weighted by Crippen LogP contribution is 2.59. The van der Waals surface area contributed by atoms with Gasteiger partial charge in [-0.15, -0.1) is 0 Å². The molecule has 8 aromatic rings. The van der Waals surface area contributed by atoms with Crippen LogP contribution in [0.3, 0.4) is 0 Å². The van der Waals surface area contributed by atoms with Gasteiger partial charge < -0.3 is 4.90 Å². The third-order valence-corrected chi connectivity index (χ3v) is 13.3. The van der Waals surface area contributed by atoms with Crippen LogP contribution in [0.4, 0.5) is 17.1 Å². The van der Waals surface area contributed by atoms with E-state index >= 15 is 0 Å². The molecule has 0 N–H and O–H groups in total. The quantitative estimate of drug-likeness (QED) is 0.157. The van der Waals surface area contributed by atoms with E-state index in [1.54, 1.807) is 0 Å². The molecule has 0 atom stereocenters. The minimum Gasteiger partial charge on any atom is -0.310 e. The summed E-state index contributed by atoms with van der Waals surface area (Å²) in [4.78, 5) is 2.64. The van der Waals surface area contributed by atoms with Crippen LogP contribution < -0.4 is 4.90 Å². The van der Waals surface area contributed by atoms with E-state index in [0.29, 0.717) is 0 Å². The highest BCUT2D eigenvalue weighted by molar-refractivity contribution is 5.98. The summed E-state index contributed by atoms with van der Waals surface area (Å²) < 4.78 is 0. The first-order valence-electron chi connectivity index (χ1n) is 21.4. The second-order valence-corrected chi connectivity index (χ2v) is 16.5. The minimum atomic E-state index is -0.503. The summed E-state index contributed by atoms with van der Waals surface area (Å²) in [5.41, 5.74) is 22.3. The highest BCUT2D eigenvalue weighted by Gasteiger charge is 2.47. The molecule has 0 unspecified atom stereocenters. The lowest BCUT2D eigenvalue weighted by molar-refractivity contribution is 0.685. The van der Waals surface area contributed by atoms with E-state index in [9.17, 15) is 0 Å². The molecule has 280 valence electrons. The van der Waals surface area contributed by atoms with Crippen LogP contribution >= 0.6 is 0 Å². The summed E-state index contributed by atoms with van der Waals surface area (Å²) in [6.07, 6.45) is 9.44. The molecule has 0 amide bonds. The van der Waals surface area contributed by atoms with Crippen molar-refractivity contribution in [2.24, 2.45) is 0 Å². The third kappa shape index (κ3) is 5.59. The zero-order valence-electron chi connectivity index (χ0n) is 33.0. The molecule has 3 aliphatic rings. The van der Waals surface area contributed by atoms with Crippen molar-refractivity contribution < 1.29 is 0 Å². The molecule has 0 fully saturated rings. The average Bonchev–Trinajstić information content (AvgIpc) is 3.60. The van der Waals surface area contributed by atoms with Gasteiger partial charge in [-0.05, 0) is 154 Å². The van der Waals surface area contributed by atoms with Crippen molar-refractivity contribution in [3.63, 3.8) is 0 Å². The summed E-state index contributed by atoms with van der Waals surface area (Å²) in [6, 6.07) is 71.2. The summed E-state index contributed by atoms with van der Waals surface area (Å²) in [5.74, 6) is 0. The fraction of sp³-hybridized carbons (Fsp3) is 0.158. The van der Waals surface area contributed by atoms with E-state index in [2.05, 4.69) is 193 Å². The Morgan fingerprint density at radius 2 is 0.897 bits per heavy atom. The van der Waals surface area contributed by atoms with Crippen LogP contribution in [0.1, 0.15) is 70.2 Å². The van der Waals surface area contributed by atoms with E-state index < -0.39 is 5.41 Å². The second-order valence-electron chi connectivity index (χ2n) is 16.5. The fourth-order valence-electron chi connectivity index (χ4n) is 10.7. The normalized spacial score (nSPS) is 14.8. The van der Waals surface area contributed by atoms with Crippen molar-refractivity contribution in [3.8, 4) is 33.4 Å². The van der Waals surface area contributed by atoms with Crippen LogP contribution in [0.15, 0.2) is 188 Å². The number of aryl methyl sites for hydroxylation is 2. The van der Waals surface area contributed by atoms with Gasteiger partial charge in [0.15, 0.2) is 0 Å². The topological polar surface area (TPSA) is 3.24 Å². The first kappa shape index (κ1) is 34.8.